The van der Waals surface area contributed by atoms with Crippen molar-refractivity contribution in [2.45, 2.75) is 38.8 Å². The fourth-order valence-electron chi connectivity index (χ4n) is 6.50. The van der Waals surface area contributed by atoms with Crippen LogP contribution in [0, 0.1) is 0 Å². The zero-order valence-corrected chi connectivity index (χ0v) is 18.9. The summed E-state index contributed by atoms with van der Waals surface area (Å²) in [6.45, 7) is 5.30. The van der Waals surface area contributed by atoms with Crippen molar-refractivity contribution in [1.82, 2.24) is 0 Å². The third kappa shape index (κ3) is 2.12. The Morgan fingerprint density at radius 2 is 1.55 bits per heavy atom. The van der Waals surface area contributed by atoms with E-state index in [0.29, 0.717) is 6.73 Å². The summed E-state index contributed by atoms with van der Waals surface area (Å²) in [5.74, 6) is 1.06. The molecule has 0 N–H and O–H groups in total. The number of hydrogen-bond donors (Lipinski definition) is 0. The van der Waals surface area contributed by atoms with Crippen LogP contribution in [0.5, 0.6) is 5.75 Å². The van der Waals surface area contributed by atoms with E-state index in [2.05, 4.69) is 91.2 Å². The van der Waals surface area contributed by atoms with Crippen LogP contribution in [-0.2, 0) is 25.0 Å². The Kier molecular flexibility index (Phi) is 3.15. The van der Waals surface area contributed by atoms with Crippen molar-refractivity contribution in [2.24, 2.45) is 0 Å². The van der Waals surface area contributed by atoms with E-state index in [-0.39, 0.29) is 5.41 Å². The lowest BCUT2D eigenvalue weighted by atomic mass is 9.81. The lowest BCUT2D eigenvalue weighted by Gasteiger charge is -2.21. The molecule has 0 amide bonds. The molecule has 0 fully saturated rings. The van der Waals surface area contributed by atoms with Gasteiger partial charge in [-0.05, 0) is 63.9 Å². The Morgan fingerprint density at radius 3 is 2.42 bits per heavy atom. The summed E-state index contributed by atoms with van der Waals surface area (Å²) in [6.07, 6.45) is 6.64. The summed E-state index contributed by atoms with van der Waals surface area (Å²) in [7, 11) is 0. The quantitative estimate of drug-likeness (QED) is 0.152. The maximum Gasteiger partial charge on any atom is 0.293 e. The number of rotatable bonds is 0. The molecule has 0 unspecified atom stereocenters. The first-order valence-electron chi connectivity index (χ1n) is 11.9. The molecule has 0 saturated carbocycles. The van der Waals surface area contributed by atoms with Crippen LogP contribution in [0.3, 0.4) is 0 Å². The van der Waals surface area contributed by atoms with E-state index in [9.17, 15) is 0 Å². The average molecular weight is 427 g/mol. The number of fused-ring (bicyclic) bond motifs is 7. The van der Waals surface area contributed by atoms with Gasteiger partial charge in [-0.1, -0.05) is 62.4 Å². The highest BCUT2D eigenvalue weighted by Crippen LogP contribution is 2.55. The second-order valence-corrected chi connectivity index (χ2v) is 10.3. The molecule has 1 aliphatic heterocycles. The highest BCUT2D eigenvalue weighted by atomic mass is 16.5. The smallest absolute Gasteiger partial charge is 0.293 e. The van der Waals surface area contributed by atoms with Crippen LogP contribution in [0.4, 0.5) is 0 Å². The lowest BCUT2D eigenvalue weighted by Crippen LogP contribution is -2.43. The maximum absolute atomic E-state index is 6.68. The van der Waals surface area contributed by atoms with E-state index >= 15 is 0 Å². The number of ether oxygens (including phenoxy) is 1. The van der Waals surface area contributed by atoms with Crippen molar-refractivity contribution < 1.29 is 9.30 Å². The van der Waals surface area contributed by atoms with Crippen molar-refractivity contribution >= 4 is 32.4 Å². The van der Waals surface area contributed by atoms with Gasteiger partial charge >= 0.3 is 0 Å². The summed E-state index contributed by atoms with van der Waals surface area (Å²) in [6, 6.07) is 22.9. The molecule has 0 spiro atoms. The monoisotopic (exact) mass is 426 g/mol. The third-order valence-electron chi connectivity index (χ3n) is 8.21. The van der Waals surface area contributed by atoms with E-state index in [1.165, 1.54) is 66.0 Å². The Hall–Kier alpha value is -3.65. The molecule has 0 radical (unpaired) electrons. The largest absolute Gasteiger partial charge is 0.434 e. The van der Waals surface area contributed by atoms with Gasteiger partial charge in [0, 0.05) is 27.8 Å². The normalized spacial score (nSPS) is 16.8. The summed E-state index contributed by atoms with van der Waals surface area (Å²) < 4.78 is 9.11. The summed E-state index contributed by atoms with van der Waals surface area (Å²) in [4.78, 5) is 0. The molecule has 4 aromatic carbocycles. The van der Waals surface area contributed by atoms with Gasteiger partial charge < -0.3 is 4.74 Å². The molecule has 1 aromatic heterocycles. The van der Waals surface area contributed by atoms with E-state index < -0.39 is 0 Å². The molecule has 33 heavy (non-hydrogen) atoms. The first kappa shape index (κ1) is 17.9. The minimum absolute atomic E-state index is 0.0707. The zero-order valence-electron chi connectivity index (χ0n) is 18.9. The predicted molar refractivity (Wildman–Crippen MR) is 134 cm³/mol. The third-order valence-corrected chi connectivity index (χ3v) is 8.21. The SMILES string of the molecule is CC1(C)c2cc3ccc4ccccc4c3c3c2-c2c1cc1cc4c(cc1[n+]2CO3)CC=CC4. The van der Waals surface area contributed by atoms with Crippen LogP contribution in [0.2, 0.25) is 0 Å². The highest BCUT2D eigenvalue weighted by Gasteiger charge is 2.47. The van der Waals surface area contributed by atoms with E-state index in [0.717, 1.165) is 18.6 Å². The first-order valence-corrected chi connectivity index (χ1v) is 11.9. The highest BCUT2D eigenvalue weighted by molar-refractivity contribution is 6.14. The second kappa shape index (κ2) is 5.82. The molecular weight excluding hydrogens is 402 g/mol. The number of aromatic nitrogens is 1. The molecular formula is C31H24NO+. The number of pyridine rings is 1. The Balaban J connectivity index is 1.54. The number of allylic oxidation sites excluding steroid dienone is 2. The molecule has 0 bridgehead atoms. The molecule has 2 heterocycles. The van der Waals surface area contributed by atoms with Crippen LogP contribution in [0.1, 0.15) is 36.1 Å². The standard InChI is InChI=1S/C31H24NO/c1-31(2)24-14-21-12-11-18-7-5-6-10-23(18)27(21)30-28(24)29-25(31)15-22-13-19-8-3-4-9-20(19)16-26(22)32(29)17-33-30/h3-7,10-16H,8-9,17H2,1-2H3/q+1. The van der Waals surface area contributed by atoms with Gasteiger partial charge in [0.15, 0.2) is 0 Å². The van der Waals surface area contributed by atoms with E-state index in [1.807, 2.05) is 0 Å². The van der Waals surface area contributed by atoms with Gasteiger partial charge in [-0.25, -0.2) is 0 Å². The molecule has 3 aliphatic rings. The average Bonchev–Trinajstić information content (AvgIpc) is 3.07. The number of nitrogens with zero attached hydrogens (tertiary/aromatic N) is 1. The van der Waals surface area contributed by atoms with Crippen molar-refractivity contribution in [3.8, 4) is 17.0 Å². The van der Waals surface area contributed by atoms with Crippen LogP contribution in [0.25, 0.3) is 43.7 Å². The van der Waals surface area contributed by atoms with Gasteiger partial charge in [0.1, 0.15) is 5.75 Å². The van der Waals surface area contributed by atoms with Gasteiger partial charge in [0.25, 0.3) is 6.73 Å². The molecule has 2 aliphatic carbocycles. The van der Waals surface area contributed by atoms with Crippen LogP contribution >= 0.6 is 0 Å². The van der Waals surface area contributed by atoms with E-state index in [1.54, 1.807) is 0 Å². The molecule has 0 atom stereocenters. The minimum Gasteiger partial charge on any atom is -0.434 e. The molecule has 158 valence electrons. The van der Waals surface area contributed by atoms with Crippen LogP contribution < -0.4 is 9.30 Å². The maximum atomic E-state index is 6.68. The van der Waals surface area contributed by atoms with E-state index in [4.69, 9.17) is 4.74 Å². The fourth-order valence-corrected chi connectivity index (χ4v) is 6.50. The Morgan fingerprint density at radius 1 is 0.788 bits per heavy atom. The summed E-state index contributed by atoms with van der Waals surface area (Å²) in [5.41, 5.74) is 9.57. The topological polar surface area (TPSA) is 13.1 Å². The Bertz CT molecular complexity index is 1740. The number of benzene rings is 4. The van der Waals surface area contributed by atoms with Crippen LogP contribution in [0.15, 0.2) is 72.8 Å². The molecule has 5 aromatic rings. The lowest BCUT2D eigenvalue weighted by molar-refractivity contribution is -0.693. The minimum atomic E-state index is -0.0707. The summed E-state index contributed by atoms with van der Waals surface area (Å²) in [5, 5.41) is 6.37. The van der Waals surface area contributed by atoms with Gasteiger partial charge in [0.05, 0.1) is 5.56 Å². The van der Waals surface area contributed by atoms with Crippen LogP contribution in [-0.4, -0.2) is 0 Å². The molecule has 8 rings (SSSR count). The van der Waals surface area contributed by atoms with Gasteiger partial charge in [-0.2, -0.15) is 4.57 Å². The molecule has 2 heteroatoms. The van der Waals surface area contributed by atoms with Gasteiger partial charge in [0.2, 0.25) is 11.2 Å². The second-order valence-electron chi connectivity index (χ2n) is 10.3. The van der Waals surface area contributed by atoms with Crippen molar-refractivity contribution in [3.63, 3.8) is 0 Å². The first-order chi connectivity index (χ1) is 16.1. The predicted octanol–water partition coefficient (Wildman–Crippen LogP) is 6.74. The van der Waals surface area contributed by atoms with Crippen molar-refractivity contribution in [2.75, 3.05) is 0 Å². The Labute approximate surface area is 192 Å². The number of hydrogen-bond acceptors (Lipinski definition) is 1. The van der Waals surface area contributed by atoms with Crippen molar-refractivity contribution in [1.29, 1.82) is 0 Å². The fraction of sp³-hybridized carbons (Fsp3) is 0.194. The zero-order chi connectivity index (χ0) is 21.9. The van der Waals surface area contributed by atoms with Gasteiger partial charge in [-0.15, -0.1) is 0 Å². The van der Waals surface area contributed by atoms with Crippen molar-refractivity contribution in [3.05, 3.63) is 95.1 Å². The summed E-state index contributed by atoms with van der Waals surface area (Å²) >= 11 is 0. The molecule has 0 saturated heterocycles. The molecule has 2 nitrogen and oxygen atoms in total. The van der Waals surface area contributed by atoms with Gasteiger partial charge in [-0.3, -0.25) is 0 Å².